The Morgan fingerprint density at radius 3 is 2.23 bits per heavy atom. The molecular formula is C8H14O5. The van der Waals surface area contributed by atoms with Crippen molar-refractivity contribution in [2.24, 2.45) is 0 Å². The van der Waals surface area contributed by atoms with Gasteiger partial charge in [-0.25, -0.2) is 0 Å². The quantitative estimate of drug-likeness (QED) is 0.516. The third-order valence-corrected chi connectivity index (χ3v) is 1.15. The first-order chi connectivity index (χ1) is 6.06. The van der Waals surface area contributed by atoms with Crippen LogP contribution >= 0.6 is 0 Å². The molecule has 0 bridgehead atoms. The molecule has 13 heavy (non-hydrogen) atoms. The monoisotopic (exact) mass is 190 g/mol. The molecule has 1 saturated heterocycles. The Kier molecular flexibility index (Phi) is 5.88. The number of carbonyl (C=O) groups is 2. The maximum Gasteiger partial charge on any atom is 0.306 e. The number of hydrogen-bond acceptors (Lipinski definition) is 4. The summed E-state index contributed by atoms with van der Waals surface area (Å²) in [4.78, 5) is 19.6. The van der Waals surface area contributed by atoms with E-state index in [9.17, 15) is 9.59 Å². The third kappa shape index (κ3) is 10.9. The summed E-state index contributed by atoms with van der Waals surface area (Å²) in [5.41, 5.74) is 0. The van der Waals surface area contributed by atoms with E-state index in [1.54, 1.807) is 6.92 Å². The average molecular weight is 190 g/mol. The highest BCUT2D eigenvalue weighted by Crippen LogP contribution is 2.12. The van der Waals surface area contributed by atoms with E-state index in [0.29, 0.717) is 13.2 Å². The molecule has 0 radical (unpaired) electrons. The maximum absolute atomic E-state index is 9.82. The molecule has 0 spiro atoms. The molecule has 1 aliphatic rings. The Balaban J connectivity index is 0.000000226. The molecule has 0 saturated carbocycles. The van der Waals surface area contributed by atoms with Crippen molar-refractivity contribution < 1.29 is 24.2 Å². The van der Waals surface area contributed by atoms with Crippen molar-refractivity contribution in [3.8, 4) is 0 Å². The molecule has 0 aromatic rings. The molecule has 76 valence electrons. The van der Waals surface area contributed by atoms with Crippen molar-refractivity contribution in [1.82, 2.24) is 0 Å². The summed E-state index contributed by atoms with van der Waals surface area (Å²) >= 11 is 0. The number of carboxylic acids is 1. The molecule has 1 atom stereocenters. The first-order valence-corrected chi connectivity index (χ1v) is 4.03. The molecule has 1 heterocycles. The number of carbonyl (C=O) groups excluding carboxylic acids is 1. The van der Waals surface area contributed by atoms with Gasteiger partial charge in [-0.3, -0.25) is 9.59 Å². The largest absolute Gasteiger partial charge is 0.481 e. The predicted molar refractivity (Wildman–Crippen MR) is 44.3 cm³/mol. The average Bonchev–Trinajstić information content (AvgIpc) is 2.71. The lowest BCUT2D eigenvalue weighted by atomic mass is 10.3. The molecular weight excluding hydrogens is 176 g/mol. The van der Waals surface area contributed by atoms with E-state index < -0.39 is 5.97 Å². The molecule has 0 aromatic heterocycles. The third-order valence-electron chi connectivity index (χ3n) is 1.15. The summed E-state index contributed by atoms with van der Waals surface area (Å²) in [6.45, 7) is 4.28. The summed E-state index contributed by atoms with van der Waals surface area (Å²) in [6, 6.07) is 0. The molecule has 1 rings (SSSR count). The number of aliphatic carboxylic acids is 1. The zero-order valence-electron chi connectivity index (χ0n) is 7.78. The number of carboxylic acid groups (broad SMARTS) is 1. The van der Waals surface area contributed by atoms with Crippen LogP contribution < -0.4 is 0 Å². The normalized spacial score (nSPS) is 18.2. The van der Waals surface area contributed by atoms with Crippen LogP contribution in [-0.4, -0.2) is 36.4 Å². The van der Waals surface area contributed by atoms with E-state index in [-0.39, 0.29) is 18.5 Å². The Labute approximate surface area is 76.6 Å². The van der Waals surface area contributed by atoms with E-state index in [4.69, 9.17) is 5.11 Å². The van der Waals surface area contributed by atoms with Crippen molar-refractivity contribution in [2.45, 2.75) is 26.4 Å². The summed E-state index contributed by atoms with van der Waals surface area (Å²) in [5, 5.41) is 8.04. The van der Waals surface area contributed by atoms with E-state index in [2.05, 4.69) is 9.47 Å². The predicted octanol–water partition coefficient (Wildman–Crippen LogP) is 0.429. The van der Waals surface area contributed by atoms with E-state index in [1.807, 2.05) is 0 Å². The number of rotatable bonds is 3. The highest BCUT2D eigenvalue weighted by molar-refractivity contribution is 5.67. The van der Waals surface area contributed by atoms with Crippen molar-refractivity contribution >= 4 is 11.9 Å². The van der Waals surface area contributed by atoms with Gasteiger partial charge in [0.05, 0.1) is 25.7 Å². The van der Waals surface area contributed by atoms with Gasteiger partial charge in [0.25, 0.3) is 0 Å². The SMILES string of the molecule is CCOC(C)=O.O=C(O)CC1CO1. The van der Waals surface area contributed by atoms with Crippen LogP contribution in [0.1, 0.15) is 20.3 Å². The van der Waals surface area contributed by atoms with Crippen LogP contribution in [0.5, 0.6) is 0 Å². The molecule has 1 aliphatic heterocycles. The smallest absolute Gasteiger partial charge is 0.306 e. The van der Waals surface area contributed by atoms with Gasteiger partial charge in [-0.2, -0.15) is 0 Å². The molecule has 1 unspecified atom stereocenters. The van der Waals surface area contributed by atoms with Gasteiger partial charge in [0.1, 0.15) is 0 Å². The van der Waals surface area contributed by atoms with Crippen LogP contribution in [-0.2, 0) is 19.1 Å². The van der Waals surface area contributed by atoms with Crippen LogP contribution in [0.3, 0.4) is 0 Å². The minimum Gasteiger partial charge on any atom is -0.481 e. The Hall–Kier alpha value is -1.10. The summed E-state index contributed by atoms with van der Waals surface area (Å²) in [5.74, 6) is -0.986. The lowest BCUT2D eigenvalue weighted by Gasteiger charge is -1.89. The van der Waals surface area contributed by atoms with Gasteiger partial charge in [-0.15, -0.1) is 0 Å². The number of epoxide rings is 1. The Morgan fingerprint density at radius 1 is 1.62 bits per heavy atom. The molecule has 1 N–H and O–H groups in total. The topological polar surface area (TPSA) is 76.1 Å². The first-order valence-electron chi connectivity index (χ1n) is 4.03. The second-order valence-corrected chi connectivity index (χ2v) is 2.48. The van der Waals surface area contributed by atoms with Crippen LogP contribution in [0, 0.1) is 0 Å². The minimum atomic E-state index is -0.775. The summed E-state index contributed by atoms with van der Waals surface area (Å²) in [6.07, 6.45) is 0.192. The first kappa shape index (κ1) is 11.9. The fourth-order valence-corrected chi connectivity index (χ4v) is 0.584. The molecule has 0 aromatic carbocycles. The second-order valence-electron chi connectivity index (χ2n) is 2.48. The maximum atomic E-state index is 9.82. The number of ether oxygens (including phenoxy) is 2. The minimum absolute atomic E-state index is 0.0255. The van der Waals surface area contributed by atoms with Gasteiger partial charge in [0.2, 0.25) is 0 Å². The van der Waals surface area contributed by atoms with E-state index in [0.717, 1.165) is 0 Å². The van der Waals surface area contributed by atoms with Crippen LogP contribution in [0.2, 0.25) is 0 Å². The zero-order valence-corrected chi connectivity index (χ0v) is 7.78. The fraction of sp³-hybridized carbons (Fsp3) is 0.750. The van der Waals surface area contributed by atoms with Gasteiger partial charge in [0, 0.05) is 6.92 Å². The van der Waals surface area contributed by atoms with Crippen molar-refractivity contribution in [3.63, 3.8) is 0 Å². The fourth-order valence-electron chi connectivity index (χ4n) is 0.584. The van der Waals surface area contributed by atoms with Gasteiger partial charge in [0.15, 0.2) is 0 Å². The molecule has 0 amide bonds. The summed E-state index contributed by atoms with van der Waals surface area (Å²) in [7, 11) is 0. The molecule has 1 fully saturated rings. The summed E-state index contributed by atoms with van der Waals surface area (Å²) < 4.78 is 9.04. The van der Waals surface area contributed by atoms with Gasteiger partial charge in [-0.05, 0) is 6.92 Å². The highest BCUT2D eigenvalue weighted by Gasteiger charge is 2.24. The van der Waals surface area contributed by atoms with Crippen LogP contribution in [0.4, 0.5) is 0 Å². The Bertz CT molecular complexity index is 173. The van der Waals surface area contributed by atoms with Gasteiger partial charge < -0.3 is 14.6 Å². The van der Waals surface area contributed by atoms with E-state index >= 15 is 0 Å². The molecule has 0 aliphatic carbocycles. The second kappa shape index (κ2) is 6.42. The van der Waals surface area contributed by atoms with Gasteiger partial charge in [-0.1, -0.05) is 0 Å². The Morgan fingerprint density at radius 2 is 2.15 bits per heavy atom. The molecule has 5 nitrogen and oxygen atoms in total. The van der Waals surface area contributed by atoms with Crippen molar-refractivity contribution in [1.29, 1.82) is 0 Å². The number of esters is 1. The van der Waals surface area contributed by atoms with E-state index in [1.165, 1.54) is 6.92 Å². The lowest BCUT2D eigenvalue weighted by molar-refractivity contribution is -0.140. The van der Waals surface area contributed by atoms with Crippen LogP contribution in [0.15, 0.2) is 0 Å². The van der Waals surface area contributed by atoms with Crippen molar-refractivity contribution in [3.05, 3.63) is 0 Å². The van der Waals surface area contributed by atoms with Gasteiger partial charge >= 0.3 is 11.9 Å². The molecule has 5 heteroatoms. The zero-order chi connectivity index (χ0) is 10.3. The van der Waals surface area contributed by atoms with Crippen molar-refractivity contribution in [2.75, 3.05) is 13.2 Å². The van der Waals surface area contributed by atoms with Crippen LogP contribution in [0.25, 0.3) is 0 Å². The number of hydrogen-bond donors (Lipinski definition) is 1. The standard InChI is InChI=1S/C4H6O3.C4H8O2/c5-4(6)1-3-2-7-3;1-3-6-4(2)5/h3H,1-2H2,(H,5,6);3H2,1-2H3. The highest BCUT2D eigenvalue weighted by atomic mass is 16.6. The lowest BCUT2D eigenvalue weighted by Crippen LogP contribution is -1.98.